The van der Waals surface area contributed by atoms with Crippen molar-refractivity contribution in [1.82, 2.24) is 15.1 Å². The molecule has 2 N–H and O–H groups in total. The van der Waals surface area contributed by atoms with E-state index in [0.29, 0.717) is 13.1 Å². The average molecular weight is 349 g/mol. The molecule has 1 atom stereocenters. The zero-order valence-corrected chi connectivity index (χ0v) is 11.8. The minimum atomic E-state index is -0.857. The molecule has 2 rings (SSSR count). The fourth-order valence-electron chi connectivity index (χ4n) is 2.22. The standard InChI is InChI=1S/C11H16IN3O2/c1-2-13-11(10(16)17,8-3-4-8)7-15-6-9(12)5-14-15/h5-6,8,13H,2-4,7H2,1H3,(H,16,17). The second kappa shape index (κ2) is 4.93. The van der Waals surface area contributed by atoms with E-state index in [2.05, 4.69) is 33.0 Å². The van der Waals surface area contributed by atoms with Crippen LogP contribution in [0.4, 0.5) is 0 Å². The van der Waals surface area contributed by atoms with Gasteiger partial charge in [-0.15, -0.1) is 0 Å². The third-order valence-corrected chi connectivity index (χ3v) is 3.72. The second-order valence-corrected chi connectivity index (χ2v) is 5.68. The lowest BCUT2D eigenvalue weighted by molar-refractivity contribution is -0.146. The monoisotopic (exact) mass is 349 g/mol. The minimum absolute atomic E-state index is 0.224. The number of carbonyl (C=O) groups is 1. The van der Waals surface area contributed by atoms with Crippen molar-refractivity contribution in [3.8, 4) is 0 Å². The van der Waals surface area contributed by atoms with Gasteiger partial charge < -0.3 is 10.4 Å². The molecule has 1 heterocycles. The highest BCUT2D eigenvalue weighted by molar-refractivity contribution is 14.1. The molecule has 0 amide bonds. The molecule has 1 aliphatic carbocycles. The van der Waals surface area contributed by atoms with Crippen molar-refractivity contribution in [2.75, 3.05) is 6.54 Å². The van der Waals surface area contributed by atoms with Gasteiger partial charge in [-0.1, -0.05) is 6.92 Å². The Bertz CT molecular complexity index is 417. The molecular formula is C11H16IN3O2. The molecule has 0 aromatic carbocycles. The third kappa shape index (κ3) is 2.62. The largest absolute Gasteiger partial charge is 0.480 e. The predicted octanol–water partition coefficient (Wildman–Crippen LogP) is 1.33. The third-order valence-electron chi connectivity index (χ3n) is 3.16. The number of nitrogens with one attached hydrogen (secondary N) is 1. The summed E-state index contributed by atoms with van der Waals surface area (Å²) in [6.45, 7) is 2.98. The topological polar surface area (TPSA) is 67.2 Å². The number of aliphatic carboxylic acids is 1. The van der Waals surface area contributed by atoms with Crippen molar-refractivity contribution >= 4 is 28.6 Å². The molecule has 0 bridgehead atoms. The van der Waals surface area contributed by atoms with Crippen molar-refractivity contribution in [2.45, 2.75) is 31.8 Å². The highest BCUT2D eigenvalue weighted by atomic mass is 127. The first-order valence-electron chi connectivity index (χ1n) is 5.75. The van der Waals surface area contributed by atoms with Crippen LogP contribution in [-0.4, -0.2) is 32.9 Å². The van der Waals surface area contributed by atoms with Crippen LogP contribution in [0.15, 0.2) is 12.4 Å². The lowest BCUT2D eigenvalue weighted by Crippen LogP contribution is -2.57. The van der Waals surface area contributed by atoms with Crippen molar-refractivity contribution in [3.63, 3.8) is 0 Å². The first-order chi connectivity index (χ1) is 8.08. The Hall–Kier alpha value is -0.630. The number of aromatic nitrogens is 2. The molecule has 1 saturated carbocycles. The molecule has 0 aliphatic heterocycles. The second-order valence-electron chi connectivity index (χ2n) is 4.44. The molecule has 1 fully saturated rings. The summed E-state index contributed by atoms with van der Waals surface area (Å²) < 4.78 is 2.74. The van der Waals surface area contributed by atoms with Crippen LogP contribution in [-0.2, 0) is 11.3 Å². The van der Waals surface area contributed by atoms with Crippen LogP contribution < -0.4 is 5.32 Å². The summed E-state index contributed by atoms with van der Waals surface area (Å²) in [7, 11) is 0. The zero-order chi connectivity index (χ0) is 12.5. The Kier molecular flexibility index (Phi) is 3.72. The number of hydrogen-bond donors (Lipinski definition) is 2. The fourth-order valence-corrected chi connectivity index (χ4v) is 2.67. The van der Waals surface area contributed by atoms with Crippen LogP contribution in [0.2, 0.25) is 0 Å². The lowest BCUT2D eigenvalue weighted by Gasteiger charge is -2.30. The van der Waals surface area contributed by atoms with Gasteiger partial charge in [0.15, 0.2) is 0 Å². The van der Waals surface area contributed by atoms with Crippen LogP contribution >= 0.6 is 22.6 Å². The predicted molar refractivity (Wildman–Crippen MR) is 71.7 cm³/mol. The van der Waals surface area contributed by atoms with Crippen molar-refractivity contribution in [3.05, 3.63) is 16.0 Å². The molecule has 6 heteroatoms. The maximum atomic E-state index is 11.6. The first kappa shape index (κ1) is 12.8. The maximum Gasteiger partial charge on any atom is 0.326 e. The van der Waals surface area contributed by atoms with Crippen LogP contribution in [0.5, 0.6) is 0 Å². The fraction of sp³-hybridized carbons (Fsp3) is 0.636. The van der Waals surface area contributed by atoms with E-state index in [1.54, 1.807) is 10.9 Å². The summed E-state index contributed by atoms with van der Waals surface area (Å²) in [6, 6.07) is 0. The molecule has 0 radical (unpaired) electrons. The summed E-state index contributed by atoms with van der Waals surface area (Å²) in [6.07, 6.45) is 5.58. The Labute approximate surface area is 114 Å². The van der Waals surface area contributed by atoms with Crippen LogP contribution in [0.1, 0.15) is 19.8 Å². The Morgan fingerprint density at radius 2 is 2.47 bits per heavy atom. The van der Waals surface area contributed by atoms with Crippen LogP contribution in [0.25, 0.3) is 0 Å². The number of likely N-dealkylation sites (N-methyl/N-ethyl adjacent to an activating group) is 1. The summed E-state index contributed by atoms with van der Waals surface area (Å²) in [5.74, 6) is -0.547. The molecule has 5 nitrogen and oxygen atoms in total. The number of carboxylic acids is 1. The van der Waals surface area contributed by atoms with Gasteiger partial charge in [-0.05, 0) is 47.9 Å². The Balaban J connectivity index is 2.22. The maximum absolute atomic E-state index is 11.6. The Morgan fingerprint density at radius 1 is 1.76 bits per heavy atom. The molecule has 17 heavy (non-hydrogen) atoms. The number of carboxylic acid groups (broad SMARTS) is 1. The van der Waals surface area contributed by atoms with E-state index in [9.17, 15) is 9.90 Å². The Morgan fingerprint density at radius 3 is 2.88 bits per heavy atom. The SMILES string of the molecule is CCNC(Cn1cc(I)cn1)(C(=O)O)C1CC1. The number of hydrogen-bond acceptors (Lipinski definition) is 3. The van der Waals surface area contributed by atoms with E-state index < -0.39 is 11.5 Å². The molecule has 1 aliphatic rings. The first-order valence-corrected chi connectivity index (χ1v) is 6.82. The number of rotatable bonds is 6. The van der Waals surface area contributed by atoms with Gasteiger partial charge in [-0.3, -0.25) is 9.48 Å². The molecule has 0 spiro atoms. The smallest absolute Gasteiger partial charge is 0.326 e. The van der Waals surface area contributed by atoms with E-state index in [1.165, 1.54) is 0 Å². The van der Waals surface area contributed by atoms with Gasteiger partial charge in [0.25, 0.3) is 0 Å². The van der Waals surface area contributed by atoms with Gasteiger partial charge in [0.2, 0.25) is 0 Å². The molecule has 0 saturated heterocycles. The molecule has 1 aromatic rings. The van der Waals surface area contributed by atoms with E-state index in [-0.39, 0.29) is 5.92 Å². The number of nitrogens with zero attached hydrogens (tertiary/aromatic N) is 2. The van der Waals surface area contributed by atoms with E-state index in [4.69, 9.17) is 0 Å². The van der Waals surface area contributed by atoms with Crippen molar-refractivity contribution in [2.24, 2.45) is 5.92 Å². The highest BCUT2D eigenvalue weighted by Crippen LogP contribution is 2.40. The molecule has 1 aromatic heterocycles. The summed E-state index contributed by atoms with van der Waals surface area (Å²) >= 11 is 2.17. The van der Waals surface area contributed by atoms with Gasteiger partial charge in [0, 0.05) is 6.20 Å². The molecule has 94 valence electrons. The lowest BCUT2D eigenvalue weighted by atomic mass is 9.93. The minimum Gasteiger partial charge on any atom is -0.480 e. The van der Waals surface area contributed by atoms with Crippen molar-refractivity contribution < 1.29 is 9.90 Å². The van der Waals surface area contributed by atoms with Crippen molar-refractivity contribution in [1.29, 1.82) is 0 Å². The van der Waals surface area contributed by atoms with Gasteiger partial charge in [0.05, 0.1) is 16.3 Å². The average Bonchev–Trinajstić information content (AvgIpc) is 3.03. The van der Waals surface area contributed by atoms with Crippen LogP contribution in [0, 0.1) is 9.49 Å². The quantitative estimate of drug-likeness (QED) is 0.761. The van der Waals surface area contributed by atoms with E-state index in [0.717, 1.165) is 16.4 Å². The van der Waals surface area contributed by atoms with Crippen LogP contribution in [0.3, 0.4) is 0 Å². The van der Waals surface area contributed by atoms with Gasteiger partial charge in [-0.2, -0.15) is 5.10 Å². The zero-order valence-electron chi connectivity index (χ0n) is 9.69. The highest BCUT2D eigenvalue weighted by Gasteiger charge is 2.51. The van der Waals surface area contributed by atoms with E-state index >= 15 is 0 Å². The van der Waals surface area contributed by atoms with E-state index in [1.807, 2.05) is 13.1 Å². The molecule has 1 unspecified atom stereocenters. The van der Waals surface area contributed by atoms with Gasteiger partial charge in [-0.25, -0.2) is 0 Å². The summed E-state index contributed by atoms with van der Waals surface area (Å²) in [4.78, 5) is 11.6. The molecular weight excluding hydrogens is 333 g/mol. The normalized spacial score (nSPS) is 18.9. The summed E-state index contributed by atoms with van der Waals surface area (Å²) in [5, 5.41) is 16.9. The number of halogens is 1. The van der Waals surface area contributed by atoms with Gasteiger partial charge >= 0.3 is 5.97 Å². The van der Waals surface area contributed by atoms with Gasteiger partial charge in [0.1, 0.15) is 5.54 Å². The summed E-state index contributed by atoms with van der Waals surface area (Å²) in [5.41, 5.74) is -0.857.